The molecule has 1 aromatic carbocycles. The number of nitrogens with zero attached hydrogens (tertiary/aromatic N) is 2. The number of carbonyl (C=O) groups excluding carboxylic acids is 1. The number of ether oxygens (including phenoxy) is 1. The summed E-state index contributed by atoms with van der Waals surface area (Å²) in [4.78, 5) is 14.5. The van der Waals surface area contributed by atoms with Crippen molar-refractivity contribution in [2.75, 3.05) is 47.4 Å². The van der Waals surface area contributed by atoms with E-state index in [1.54, 1.807) is 25.3 Å². The number of carbonyl (C=O) groups is 1. The number of amides is 1. The highest BCUT2D eigenvalue weighted by Crippen LogP contribution is 2.27. The summed E-state index contributed by atoms with van der Waals surface area (Å²) in [5.41, 5.74) is 0.781. The van der Waals surface area contributed by atoms with Gasteiger partial charge in [-0.25, -0.2) is 8.42 Å². The average molecular weight is 384 g/mol. The number of benzene rings is 1. The summed E-state index contributed by atoms with van der Waals surface area (Å²) in [7, 11) is 1.92. The van der Waals surface area contributed by atoms with Crippen molar-refractivity contribution >= 4 is 15.9 Å². The van der Waals surface area contributed by atoms with Crippen molar-refractivity contribution in [3.63, 3.8) is 0 Å². The van der Waals surface area contributed by atoms with E-state index in [0.29, 0.717) is 38.2 Å². The molecule has 0 radical (unpaired) electrons. The fourth-order valence-corrected chi connectivity index (χ4v) is 4.62. The smallest absolute Gasteiger partial charge is 0.243 e. The molecule has 1 aliphatic rings. The van der Waals surface area contributed by atoms with Gasteiger partial charge in [0.25, 0.3) is 0 Å². The molecule has 1 N–H and O–H groups in total. The molecule has 0 atom stereocenters. The van der Waals surface area contributed by atoms with E-state index in [0.717, 1.165) is 12.1 Å². The van der Waals surface area contributed by atoms with Gasteiger partial charge in [0.1, 0.15) is 5.75 Å². The second kappa shape index (κ2) is 8.83. The fourth-order valence-electron chi connectivity index (χ4n) is 3.07. The summed E-state index contributed by atoms with van der Waals surface area (Å²) in [5.74, 6) is 0.558. The second-order valence-corrected chi connectivity index (χ2v) is 8.84. The molecule has 1 amide bonds. The van der Waals surface area contributed by atoms with Gasteiger partial charge in [0.15, 0.2) is 0 Å². The molecule has 0 bridgehead atoms. The lowest BCUT2D eigenvalue weighted by molar-refractivity contribution is -0.126. The van der Waals surface area contributed by atoms with Crippen LogP contribution in [0.3, 0.4) is 0 Å². The molecule has 146 valence electrons. The van der Waals surface area contributed by atoms with Gasteiger partial charge in [-0.05, 0) is 57.6 Å². The SMILES string of the molecule is COc1ccc(S(=O)(=O)N2CCC(C(=O)NCCN(C)C)CC2)cc1C. The molecule has 1 fully saturated rings. The van der Waals surface area contributed by atoms with Crippen molar-refractivity contribution in [1.29, 1.82) is 0 Å². The van der Waals surface area contributed by atoms with Crippen molar-refractivity contribution in [3.8, 4) is 5.75 Å². The van der Waals surface area contributed by atoms with Crippen molar-refractivity contribution in [3.05, 3.63) is 23.8 Å². The van der Waals surface area contributed by atoms with Gasteiger partial charge < -0.3 is 15.0 Å². The Morgan fingerprint density at radius 2 is 1.96 bits per heavy atom. The predicted octanol–water partition coefficient (Wildman–Crippen LogP) is 1.08. The lowest BCUT2D eigenvalue weighted by Crippen LogP contribution is -2.43. The first kappa shape index (κ1) is 20.7. The van der Waals surface area contributed by atoms with Crippen LogP contribution in [0, 0.1) is 12.8 Å². The quantitative estimate of drug-likeness (QED) is 0.762. The molecule has 1 aliphatic heterocycles. The molecule has 0 aliphatic carbocycles. The Balaban J connectivity index is 1.96. The molecule has 8 heteroatoms. The maximum Gasteiger partial charge on any atom is 0.243 e. The normalized spacial score (nSPS) is 16.7. The Morgan fingerprint density at radius 1 is 1.31 bits per heavy atom. The van der Waals surface area contributed by atoms with Crippen LogP contribution in [0.1, 0.15) is 18.4 Å². The minimum absolute atomic E-state index is 0.0178. The molecule has 26 heavy (non-hydrogen) atoms. The van der Waals surface area contributed by atoms with Crippen molar-refractivity contribution < 1.29 is 17.9 Å². The third-order valence-electron chi connectivity index (χ3n) is 4.69. The Morgan fingerprint density at radius 3 is 2.50 bits per heavy atom. The van der Waals surface area contributed by atoms with Crippen molar-refractivity contribution in [2.24, 2.45) is 5.92 Å². The van der Waals surface area contributed by atoms with E-state index in [9.17, 15) is 13.2 Å². The van der Waals surface area contributed by atoms with Gasteiger partial charge in [-0.3, -0.25) is 4.79 Å². The van der Waals surface area contributed by atoms with Gasteiger partial charge >= 0.3 is 0 Å². The molecule has 2 rings (SSSR count). The van der Waals surface area contributed by atoms with Gasteiger partial charge in [-0.15, -0.1) is 0 Å². The number of sulfonamides is 1. The lowest BCUT2D eigenvalue weighted by atomic mass is 9.97. The van der Waals surface area contributed by atoms with Gasteiger partial charge in [-0.1, -0.05) is 0 Å². The zero-order chi connectivity index (χ0) is 19.3. The maximum absolute atomic E-state index is 12.8. The summed E-state index contributed by atoms with van der Waals surface area (Å²) in [6.45, 7) is 3.94. The van der Waals surface area contributed by atoms with Crippen molar-refractivity contribution in [1.82, 2.24) is 14.5 Å². The van der Waals surface area contributed by atoms with Crippen LogP contribution in [0.4, 0.5) is 0 Å². The molecule has 0 aromatic heterocycles. The molecular weight excluding hydrogens is 354 g/mol. The number of hydrogen-bond acceptors (Lipinski definition) is 5. The zero-order valence-electron chi connectivity index (χ0n) is 16.0. The maximum atomic E-state index is 12.8. The van der Waals surface area contributed by atoms with E-state index in [1.807, 2.05) is 25.9 Å². The van der Waals surface area contributed by atoms with Crippen LogP contribution in [0.2, 0.25) is 0 Å². The number of nitrogens with one attached hydrogen (secondary N) is 1. The van der Waals surface area contributed by atoms with Crippen molar-refractivity contribution in [2.45, 2.75) is 24.7 Å². The Bertz CT molecular complexity index is 726. The van der Waals surface area contributed by atoms with E-state index in [4.69, 9.17) is 4.74 Å². The van der Waals surface area contributed by atoms with Crippen LogP contribution in [0.25, 0.3) is 0 Å². The molecule has 0 spiro atoms. The third kappa shape index (κ3) is 4.96. The summed E-state index contributed by atoms with van der Waals surface area (Å²) in [6.07, 6.45) is 1.09. The van der Waals surface area contributed by atoms with Gasteiger partial charge in [0.05, 0.1) is 12.0 Å². The summed E-state index contributed by atoms with van der Waals surface area (Å²) in [6, 6.07) is 4.88. The topological polar surface area (TPSA) is 79.0 Å². The van der Waals surface area contributed by atoms with Crippen LogP contribution >= 0.6 is 0 Å². The number of aryl methyl sites for hydroxylation is 1. The Labute approximate surface area is 156 Å². The van der Waals surface area contributed by atoms with E-state index in [1.165, 1.54) is 4.31 Å². The van der Waals surface area contributed by atoms with Crippen LogP contribution in [-0.4, -0.2) is 70.9 Å². The Kier molecular flexibility index (Phi) is 7.02. The zero-order valence-corrected chi connectivity index (χ0v) is 16.8. The lowest BCUT2D eigenvalue weighted by Gasteiger charge is -2.30. The average Bonchev–Trinajstić information content (AvgIpc) is 2.61. The highest BCUT2D eigenvalue weighted by molar-refractivity contribution is 7.89. The van der Waals surface area contributed by atoms with Gasteiger partial charge in [-0.2, -0.15) is 4.31 Å². The van der Waals surface area contributed by atoms with Crippen LogP contribution in [0.5, 0.6) is 5.75 Å². The molecule has 0 unspecified atom stereocenters. The Hall–Kier alpha value is -1.64. The van der Waals surface area contributed by atoms with E-state index < -0.39 is 10.0 Å². The first-order chi connectivity index (χ1) is 12.3. The standard InChI is InChI=1S/C18H29N3O4S/c1-14-13-16(5-6-17(14)25-4)26(23,24)21-10-7-15(8-11-21)18(22)19-9-12-20(2)3/h5-6,13,15H,7-12H2,1-4H3,(H,19,22). The summed E-state index contributed by atoms with van der Waals surface area (Å²) in [5, 5.41) is 2.93. The minimum Gasteiger partial charge on any atom is -0.496 e. The molecule has 1 aromatic rings. The van der Waals surface area contributed by atoms with E-state index in [2.05, 4.69) is 5.32 Å². The monoisotopic (exact) mass is 383 g/mol. The molecule has 7 nitrogen and oxygen atoms in total. The summed E-state index contributed by atoms with van der Waals surface area (Å²) >= 11 is 0. The molecular formula is C18H29N3O4S. The first-order valence-corrected chi connectivity index (χ1v) is 10.3. The minimum atomic E-state index is -3.55. The first-order valence-electron chi connectivity index (χ1n) is 8.83. The van der Waals surface area contributed by atoms with E-state index >= 15 is 0 Å². The fraction of sp³-hybridized carbons (Fsp3) is 0.611. The molecule has 1 heterocycles. The van der Waals surface area contributed by atoms with Crippen LogP contribution in [0.15, 0.2) is 23.1 Å². The number of rotatable bonds is 7. The third-order valence-corrected chi connectivity index (χ3v) is 6.58. The number of likely N-dealkylation sites (N-methyl/N-ethyl adjacent to an activating group) is 1. The van der Waals surface area contributed by atoms with Gasteiger partial charge in [0.2, 0.25) is 15.9 Å². The van der Waals surface area contributed by atoms with Crippen LogP contribution in [-0.2, 0) is 14.8 Å². The van der Waals surface area contributed by atoms with Gasteiger partial charge in [0, 0.05) is 32.1 Å². The number of hydrogen-bond donors (Lipinski definition) is 1. The molecule has 1 saturated heterocycles. The highest BCUT2D eigenvalue weighted by atomic mass is 32.2. The second-order valence-electron chi connectivity index (χ2n) is 6.90. The summed E-state index contributed by atoms with van der Waals surface area (Å²) < 4.78 is 32.3. The predicted molar refractivity (Wildman–Crippen MR) is 101 cm³/mol. The molecule has 0 saturated carbocycles. The number of methoxy groups -OCH3 is 1. The van der Waals surface area contributed by atoms with E-state index in [-0.39, 0.29) is 16.7 Å². The largest absolute Gasteiger partial charge is 0.496 e. The van der Waals surface area contributed by atoms with Crippen LogP contribution < -0.4 is 10.1 Å². The number of piperidine rings is 1. The highest BCUT2D eigenvalue weighted by Gasteiger charge is 2.32.